The summed E-state index contributed by atoms with van der Waals surface area (Å²) in [6, 6.07) is 14.9. The molecule has 0 aliphatic heterocycles. The summed E-state index contributed by atoms with van der Waals surface area (Å²) in [4.78, 5) is 41.0. The second-order valence-corrected chi connectivity index (χ2v) is 8.49. The topological polar surface area (TPSA) is 112 Å². The summed E-state index contributed by atoms with van der Waals surface area (Å²) in [5, 5.41) is 7.16. The quantitative estimate of drug-likeness (QED) is 0.333. The van der Waals surface area contributed by atoms with Gasteiger partial charge in [-0.2, -0.15) is 0 Å². The van der Waals surface area contributed by atoms with Crippen LogP contribution in [0.25, 0.3) is 22.4 Å². The molecule has 0 spiro atoms. The lowest BCUT2D eigenvalue weighted by atomic mass is 10.00. The predicted octanol–water partition coefficient (Wildman–Crippen LogP) is 4.90. The summed E-state index contributed by atoms with van der Waals surface area (Å²) in [5.74, 6) is -0.385. The maximum atomic E-state index is 12.9. The van der Waals surface area contributed by atoms with E-state index in [0.29, 0.717) is 39.3 Å². The molecular formula is C26H20Cl2N4O5. The number of amides is 1. The van der Waals surface area contributed by atoms with Crippen LogP contribution in [0.5, 0.6) is 11.8 Å². The van der Waals surface area contributed by atoms with Gasteiger partial charge in [-0.05, 0) is 18.2 Å². The van der Waals surface area contributed by atoms with Gasteiger partial charge in [0.15, 0.2) is 6.29 Å². The van der Waals surface area contributed by atoms with Gasteiger partial charge >= 0.3 is 0 Å². The summed E-state index contributed by atoms with van der Waals surface area (Å²) in [5.41, 5.74) is 2.06. The number of hydrogen-bond acceptors (Lipinski definition) is 7. The molecule has 0 saturated heterocycles. The number of pyridine rings is 1. The van der Waals surface area contributed by atoms with Crippen LogP contribution in [0.3, 0.4) is 0 Å². The summed E-state index contributed by atoms with van der Waals surface area (Å²) in [6.07, 6.45) is 0.658. The minimum absolute atomic E-state index is 0.113. The van der Waals surface area contributed by atoms with Crippen LogP contribution in [0.4, 0.5) is 5.69 Å². The predicted molar refractivity (Wildman–Crippen MR) is 141 cm³/mol. The van der Waals surface area contributed by atoms with Gasteiger partial charge in [-0.3, -0.25) is 14.4 Å². The number of hydrogen-bond donors (Lipinski definition) is 1. The minimum Gasteiger partial charge on any atom is -0.480 e. The number of nitrogens with zero attached hydrogens (tertiary/aromatic N) is 3. The van der Waals surface area contributed by atoms with Gasteiger partial charge in [0.2, 0.25) is 11.8 Å². The number of halogens is 2. The molecule has 1 N–H and O–H groups in total. The van der Waals surface area contributed by atoms with Gasteiger partial charge in [-0.1, -0.05) is 53.5 Å². The molecule has 9 nitrogen and oxygen atoms in total. The number of ether oxygens (including phenoxy) is 2. The molecule has 2 aromatic heterocycles. The van der Waals surface area contributed by atoms with Crippen molar-refractivity contribution >= 4 is 41.1 Å². The summed E-state index contributed by atoms with van der Waals surface area (Å²) in [6.45, 7) is 0. The first-order valence-electron chi connectivity index (χ1n) is 10.8. The highest BCUT2D eigenvalue weighted by Gasteiger charge is 2.19. The molecule has 0 atom stereocenters. The molecule has 0 aliphatic carbocycles. The van der Waals surface area contributed by atoms with Crippen LogP contribution in [0.15, 0.2) is 59.4 Å². The molecule has 1 amide bonds. The number of carbonyl (C=O) groups is 2. The monoisotopic (exact) mass is 538 g/mol. The zero-order chi connectivity index (χ0) is 26.7. The number of carbonyl (C=O) groups excluding carboxylic acids is 2. The fraction of sp³-hybridized carbons (Fsp3) is 0.115. The van der Waals surface area contributed by atoms with E-state index in [4.69, 9.17) is 32.7 Å². The summed E-state index contributed by atoms with van der Waals surface area (Å²) in [7, 11) is 4.23. The highest BCUT2D eigenvalue weighted by atomic mass is 35.5. The number of benzene rings is 2. The normalized spacial score (nSPS) is 10.6. The Morgan fingerprint density at radius 3 is 2.32 bits per heavy atom. The van der Waals surface area contributed by atoms with Gasteiger partial charge in [0, 0.05) is 29.8 Å². The maximum Gasteiger partial charge on any atom is 0.279 e. The zero-order valence-electron chi connectivity index (χ0n) is 19.9. The van der Waals surface area contributed by atoms with E-state index in [9.17, 15) is 14.4 Å². The molecule has 0 aliphatic rings. The van der Waals surface area contributed by atoms with E-state index in [1.807, 2.05) is 0 Å². The van der Waals surface area contributed by atoms with Crippen LogP contribution in [0, 0.1) is 0 Å². The molecule has 11 heteroatoms. The van der Waals surface area contributed by atoms with E-state index in [-0.39, 0.29) is 28.0 Å². The Kier molecular flexibility index (Phi) is 7.56. The van der Waals surface area contributed by atoms with Gasteiger partial charge in [-0.25, -0.2) is 9.67 Å². The molecule has 0 unspecified atom stereocenters. The number of anilines is 1. The Bertz CT molecular complexity index is 1590. The van der Waals surface area contributed by atoms with Crippen molar-refractivity contribution in [3.05, 3.63) is 86.1 Å². The van der Waals surface area contributed by atoms with Gasteiger partial charge in [0.05, 0.1) is 41.2 Å². The van der Waals surface area contributed by atoms with E-state index in [1.165, 1.54) is 27.3 Å². The van der Waals surface area contributed by atoms with E-state index in [0.717, 1.165) is 4.68 Å². The highest BCUT2D eigenvalue weighted by Crippen LogP contribution is 2.41. The molecule has 188 valence electrons. The molecule has 2 heterocycles. The molecule has 4 rings (SSSR count). The molecule has 0 fully saturated rings. The molecule has 0 bridgehead atoms. The molecule has 0 saturated carbocycles. The lowest BCUT2D eigenvalue weighted by Gasteiger charge is -2.15. The third-order valence-corrected chi connectivity index (χ3v) is 6.33. The number of aryl methyl sites for hydroxylation is 1. The van der Waals surface area contributed by atoms with Gasteiger partial charge < -0.3 is 14.8 Å². The SMILES string of the molecule is COc1cc(C(=O)Nc2cccc(-c3cccc(-c4ccc(C=O)c(OC)n4)c3Cl)c2Cl)c(=O)n(C)n1. The Morgan fingerprint density at radius 1 is 0.973 bits per heavy atom. The van der Waals surface area contributed by atoms with Crippen molar-refractivity contribution in [2.24, 2.45) is 7.05 Å². The van der Waals surface area contributed by atoms with Crippen molar-refractivity contribution in [2.75, 3.05) is 19.5 Å². The Labute approximate surface area is 221 Å². The van der Waals surface area contributed by atoms with Crippen LogP contribution in [-0.2, 0) is 7.05 Å². The average Bonchev–Trinajstić information content (AvgIpc) is 2.91. The third-order valence-electron chi connectivity index (χ3n) is 5.52. The van der Waals surface area contributed by atoms with Gasteiger partial charge in [0.25, 0.3) is 11.5 Å². The van der Waals surface area contributed by atoms with E-state index < -0.39 is 11.5 Å². The van der Waals surface area contributed by atoms with E-state index >= 15 is 0 Å². The van der Waals surface area contributed by atoms with Gasteiger partial charge in [-0.15, -0.1) is 5.10 Å². The molecule has 0 radical (unpaired) electrons. The second-order valence-electron chi connectivity index (χ2n) is 7.73. The Balaban J connectivity index is 1.73. The smallest absolute Gasteiger partial charge is 0.279 e. The van der Waals surface area contributed by atoms with Crippen molar-refractivity contribution in [2.45, 2.75) is 0 Å². The van der Waals surface area contributed by atoms with Crippen LogP contribution < -0.4 is 20.3 Å². The van der Waals surface area contributed by atoms with Crippen molar-refractivity contribution in [3.8, 4) is 34.1 Å². The van der Waals surface area contributed by atoms with Crippen LogP contribution in [0.2, 0.25) is 10.0 Å². The number of nitrogens with one attached hydrogen (secondary N) is 1. The second kappa shape index (κ2) is 10.8. The minimum atomic E-state index is -0.674. The fourth-order valence-electron chi connectivity index (χ4n) is 3.66. The Morgan fingerprint density at radius 2 is 1.65 bits per heavy atom. The standard InChI is InChI=1S/C26H20Cl2N4O5/c1-32-26(35)18(12-21(31-32)36-2)24(34)29-20-9-5-7-16(23(20)28)15-6-4-8-17(22(15)27)19-11-10-14(13-33)25(30-19)37-3/h4-13H,1-3H3,(H,29,34). The highest BCUT2D eigenvalue weighted by molar-refractivity contribution is 6.39. The van der Waals surface area contributed by atoms with Crippen molar-refractivity contribution in [1.29, 1.82) is 0 Å². The van der Waals surface area contributed by atoms with E-state index in [1.54, 1.807) is 48.5 Å². The maximum absolute atomic E-state index is 12.9. The number of methoxy groups -OCH3 is 2. The first-order chi connectivity index (χ1) is 17.8. The largest absolute Gasteiger partial charge is 0.480 e. The van der Waals surface area contributed by atoms with Gasteiger partial charge in [0.1, 0.15) is 5.56 Å². The lowest BCUT2D eigenvalue weighted by molar-refractivity contribution is 0.102. The summed E-state index contributed by atoms with van der Waals surface area (Å²) < 4.78 is 11.3. The van der Waals surface area contributed by atoms with Crippen LogP contribution >= 0.6 is 23.2 Å². The first kappa shape index (κ1) is 25.9. The summed E-state index contributed by atoms with van der Waals surface area (Å²) >= 11 is 13.5. The van der Waals surface area contributed by atoms with Crippen molar-refractivity contribution < 1.29 is 19.1 Å². The molecule has 4 aromatic rings. The molecular weight excluding hydrogens is 519 g/mol. The average molecular weight is 539 g/mol. The third kappa shape index (κ3) is 5.04. The Hall–Kier alpha value is -4.21. The number of aldehydes is 1. The lowest BCUT2D eigenvalue weighted by Crippen LogP contribution is -2.29. The van der Waals surface area contributed by atoms with E-state index in [2.05, 4.69) is 15.4 Å². The van der Waals surface area contributed by atoms with Crippen LogP contribution in [0.1, 0.15) is 20.7 Å². The van der Waals surface area contributed by atoms with Crippen LogP contribution in [-0.4, -0.2) is 41.2 Å². The number of aromatic nitrogens is 3. The van der Waals surface area contributed by atoms with Crippen molar-refractivity contribution in [3.63, 3.8) is 0 Å². The first-order valence-corrected chi connectivity index (χ1v) is 11.6. The molecule has 37 heavy (non-hydrogen) atoms. The fourth-order valence-corrected chi connectivity index (χ4v) is 4.26. The zero-order valence-corrected chi connectivity index (χ0v) is 21.4. The molecule has 2 aromatic carbocycles. The number of rotatable bonds is 7. The van der Waals surface area contributed by atoms with Crippen molar-refractivity contribution in [1.82, 2.24) is 14.8 Å².